The van der Waals surface area contributed by atoms with Crippen LogP contribution < -0.4 is 0 Å². The van der Waals surface area contributed by atoms with Gasteiger partial charge in [0, 0.05) is 0 Å². The summed E-state index contributed by atoms with van der Waals surface area (Å²) in [4.78, 5) is 0. The van der Waals surface area contributed by atoms with Crippen molar-refractivity contribution >= 4 is 4.21 Å². The molecule has 2 rings (SSSR count). The van der Waals surface area contributed by atoms with Crippen LogP contribution in [0.1, 0.15) is 33.6 Å². The quantitative estimate of drug-likeness (QED) is 0.592. The SMILES string of the molecule is CC1=[C-]CC(C)=C1C.[C-]1=CC=CC1.[CH2]=[Zr+2]. The Morgan fingerprint density at radius 3 is 2.07 bits per heavy atom. The minimum atomic E-state index is 1.01. The number of rotatable bonds is 0. The predicted molar refractivity (Wildman–Crippen MR) is 64.1 cm³/mol. The normalized spacial score (nSPS) is 16.7. The summed E-state index contributed by atoms with van der Waals surface area (Å²) in [5.74, 6) is 0. The Labute approximate surface area is 109 Å². The van der Waals surface area contributed by atoms with E-state index in [1.807, 2.05) is 12.2 Å². The third kappa shape index (κ3) is 6.00. The van der Waals surface area contributed by atoms with Gasteiger partial charge >= 0.3 is 28.4 Å². The molecular weight excluding hydrogens is 259 g/mol. The summed E-state index contributed by atoms with van der Waals surface area (Å²) < 4.78 is 3.34. The van der Waals surface area contributed by atoms with Crippen LogP contribution in [-0.4, -0.2) is 4.21 Å². The molecule has 0 fully saturated rings. The average Bonchev–Trinajstić information content (AvgIpc) is 2.92. The van der Waals surface area contributed by atoms with Crippen LogP contribution >= 0.6 is 0 Å². The molecule has 78 valence electrons. The number of hydrogen-bond donors (Lipinski definition) is 0. The molecule has 0 aromatic heterocycles. The van der Waals surface area contributed by atoms with Crippen molar-refractivity contribution in [1.82, 2.24) is 0 Å². The minimum absolute atomic E-state index is 1.01. The maximum atomic E-state index is 3.34. The topological polar surface area (TPSA) is 0 Å². The van der Waals surface area contributed by atoms with E-state index in [4.69, 9.17) is 0 Å². The third-order valence-corrected chi connectivity index (χ3v) is 2.41. The molecule has 0 unspecified atom stereocenters. The van der Waals surface area contributed by atoms with Gasteiger partial charge in [-0.05, 0) is 0 Å². The van der Waals surface area contributed by atoms with Crippen molar-refractivity contribution in [2.75, 3.05) is 0 Å². The molecule has 0 heterocycles. The summed E-state index contributed by atoms with van der Waals surface area (Å²) >= 11 is 1.30. The second kappa shape index (κ2) is 8.98. The van der Waals surface area contributed by atoms with Gasteiger partial charge in [-0.3, -0.25) is 12.2 Å². The van der Waals surface area contributed by atoms with Crippen LogP contribution in [0.4, 0.5) is 0 Å². The van der Waals surface area contributed by atoms with E-state index in [2.05, 4.69) is 43.2 Å². The Morgan fingerprint density at radius 2 is 1.93 bits per heavy atom. The Morgan fingerprint density at radius 1 is 1.27 bits per heavy atom. The number of hydrogen-bond acceptors (Lipinski definition) is 0. The maximum absolute atomic E-state index is 3.34. The van der Waals surface area contributed by atoms with Gasteiger partial charge in [-0.15, -0.1) is 19.8 Å². The first-order valence-corrected chi connectivity index (χ1v) is 6.77. The zero-order valence-corrected chi connectivity index (χ0v) is 12.3. The fourth-order valence-corrected chi connectivity index (χ4v) is 1.19. The van der Waals surface area contributed by atoms with Crippen molar-refractivity contribution in [3.05, 3.63) is 47.1 Å². The molecule has 2 aliphatic rings. The standard InChI is InChI=1S/C8H11.C5H5.CH2.Zr/c1-6-4-5-7(2)8(6)3;1-2-4-5-3-1;;/h4H2,1-3H3;1-3H,4H2;1H2;/q2*-1;;+2. The first-order chi connectivity index (χ1) is 7.22. The molecule has 0 amide bonds. The summed E-state index contributed by atoms with van der Waals surface area (Å²) in [7, 11) is 0. The van der Waals surface area contributed by atoms with E-state index in [1.165, 1.54) is 41.0 Å². The third-order valence-electron chi connectivity index (χ3n) is 2.41. The van der Waals surface area contributed by atoms with E-state index in [1.54, 1.807) is 0 Å². The molecule has 2 aliphatic carbocycles. The van der Waals surface area contributed by atoms with Gasteiger partial charge < -0.3 is 0 Å². The van der Waals surface area contributed by atoms with Gasteiger partial charge in [0.15, 0.2) is 0 Å². The van der Waals surface area contributed by atoms with Crippen LogP contribution in [0.3, 0.4) is 0 Å². The molecule has 0 N–H and O–H groups in total. The van der Waals surface area contributed by atoms with Gasteiger partial charge in [0.25, 0.3) is 0 Å². The molecule has 0 spiro atoms. The Kier molecular flexibility index (Phi) is 8.80. The van der Waals surface area contributed by atoms with Crippen LogP contribution in [0.5, 0.6) is 0 Å². The summed E-state index contributed by atoms with van der Waals surface area (Å²) in [5.41, 5.74) is 4.25. The van der Waals surface area contributed by atoms with Crippen molar-refractivity contribution in [1.29, 1.82) is 0 Å². The second-order valence-corrected chi connectivity index (χ2v) is 3.39. The first kappa shape index (κ1) is 14.7. The fraction of sp³-hybridized carbons (Fsp3) is 0.357. The molecule has 1 heteroatoms. The Balaban J connectivity index is 0.000000241. The van der Waals surface area contributed by atoms with Crippen molar-refractivity contribution in [2.45, 2.75) is 33.6 Å². The zero-order valence-electron chi connectivity index (χ0n) is 9.85. The molecule has 0 aliphatic heterocycles. The summed E-state index contributed by atoms with van der Waals surface area (Å²) in [6, 6.07) is 0. The van der Waals surface area contributed by atoms with E-state index in [0.717, 1.165) is 12.8 Å². The van der Waals surface area contributed by atoms with E-state index in [0.29, 0.717) is 0 Å². The van der Waals surface area contributed by atoms with Crippen LogP contribution in [0.25, 0.3) is 0 Å². The molecule has 0 saturated carbocycles. The van der Waals surface area contributed by atoms with Gasteiger partial charge in [-0.2, -0.15) is 17.2 Å². The van der Waals surface area contributed by atoms with Crippen molar-refractivity contribution in [3.63, 3.8) is 0 Å². The van der Waals surface area contributed by atoms with Crippen LogP contribution in [0.15, 0.2) is 34.9 Å². The first-order valence-electron chi connectivity index (χ1n) is 5.03. The summed E-state index contributed by atoms with van der Waals surface area (Å²) in [6.07, 6.45) is 14.3. The van der Waals surface area contributed by atoms with Crippen molar-refractivity contribution in [2.24, 2.45) is 0 Å². The van der Waals surface area contributed by atoms with E-state index in [9.17, 15) is 0 Å². The molecular formula is C14H18Zr. The second-order valence-electron chi connectivity index (χ2n) is 3.39. The molecule has 0 bridgehead atoms. The van der Waals surface area contributed by atoms with Gasteiger partial charge in [0.05, 0.1) is 0 Å². The van der Waals surface area contributed by atoms with Crippen molar-refractivity contribution in [3.8, 4) is 0 Å². The monoisotopic (exact) mass is 276 g/mol. The fourth-order valence-electron chi connectivity index (χ4n) is 1.19. The molecule has 0 aromatic carbocycles. The van der Waals surface area contributed by atoms with Crippen LogP contribution in [0.2, 0.25) is 0 Å². The van der Waals surface area contributed by atoms with Crippen LogP contribution in [0, 0.1) is 12.2 Å². The molecule has 0 atom stereocenters. The number of allylic oxidation sites excluding steroid dienone is 8. The van der Waals surface area contributed by atoms with Gasteiger partial charge in [-0.25, -0.2) is 17.7 Å². The average molecular weight is 278 g/mol. The molecule has 0 aromatic rings. The molecule has 15 heavy (non-hydrogen) atoms. The van der Waals surface area contributed by atoms with Gasteiger partial charge in [0.2, 0.25) is 0 Å². The van der Waals surface area contributed by atoms with E-state index in [-0.39, 0.29) is 0 Å². The van der Waals surface area contributed by atoms with Crippen molar-refractivity contribution < 1.29 is 24.2 Å². The van der Waals surface area contributed by atoms with Gasteiger partial charge in [-0.1, -0.05) is 13.8 Å². The predicted octanol–water partition coefficient (Wildman–Crippen LogP) is 3.75. The summed E-state index contributed by atoms with van der Waals surface area (Å²) in [5, 5.41) is 0. The molecule has 0 radical (unpaired) electrons. The Bertz CT molecular complexity index is 288. The van der Waals surface area contributed by atoms with E-state index >= 15 is 0 Å². The van der Waals surface area contributed by atoms with Gasteiger partial charge in [0.1, 0.15) is 0 Å². The molecule has 0 nitrogen and oxygen atoms in total. The Hall–Kier alpha value is -0.287. The zero-order chi connectivity index (χ0) is 11.7. The molecule has 0 saturated heterocycles. The summed E-state index contributed by atoms with van der Waals surface area (Å²) in [6.45, 7) is 6.44. The van der Waals surface area contributed by atoms with Crippen LogP contribution in [-0.2, 0) is 24.2 Å². The van der Waals surface area contributed by atoms with E-state index < -0.39 is 0 Å².